The van der Waals surface area contributed by atoms with Crippen molar-refractivity contribution in [3.63, 3.8) is 0 Å². The van der Waals surface area contributed by atoms with Gasteiger partial charge in [0, 0.05) is 26.2 Å². The Balaban J connectivity index is 0.00000242. The highest BCUT2D eigenvalue weighted by Crippen LogP contribution is 2.15. The standard InChI is InChI=1S/C17H28N4.HI/c1-4-21-11-7-10-16(21)13-20-17(18-3)19-12-15-9-6-5-8-14(15)2;/h5-6,8-9,16H,4,7,10-13H2,1-3H3,(H2,18,19,20);1H. The topological polar surface area (TPSA) is 39.7 Å². The van der Waals surface area contributed by atoms with Gasteiger partial charge in [-0.2, -0.15) is 0 Å². The molecular weight excluding hydrogens is 387 g/mol. The van der Waals surface area contributed by atoms with Gasteiger partial charge in [0.1, 0.15) is 0 Å². The van der Waals surface area contributed by atoms with Crippen LogP contribution in [0.15, 0.2) is 29.3 Å². The maximum Gasteiger partial charge on any atom is 0.191 e. The summed E-state index contributed by atoms with van der Waals surface area (Å²) in [5.74, 6) is 0.890. The van der Waals surface area contributed by atoms with Gasteiger partial charge in [0.15, 0.2) is 5.96 Å². The smallest absolute Gasteiger partial charge is 0.191 e. The summed E-state index contributed by atoms with van der Waals surface area (Å²) in [7, 11) is 1.83. The van der Waals surface area contributed by atoms with Gasteiger partial charge in [-0.3, -0.25) is 9.89 Å². The van der Waals surface area contributed by atoms with E-state index < -0.39 is 0 Å². The molecule has 0 spiro atoms. The molecule has 0 aromatic heterocycles. The summed E-state index contributed by atoms with van der Waals surface area (Å²) in [6.45, 7) is 8.55. The van der Waals surface area contributed by atoms with E-state index in [1.54, 1.807) is 0 Å². The largest absolute Gasteiger partial charge is 0.355 e. The van der Waals surface area contributed by atoms with Crippen molar-refractivity contribution >= 4 is 29.9 Å². The second-order valence-corrected chi connectivity index (χ2v) is 5.66. The second kappa shape index (κ2) is 10.0. The van der Waals surface area contributed by atoms with Gasteiger partial charge in [0.25, 0.3) is 0 Å². The molecule has 1 aromatic carbocycles. The lowest BCUT2D eigenvalue weighted by Crippen LogP contribution is -2.44. The van der Waals surface area contributed by atoms with Crippen molar-refractivity contribution in [3.8, 4) is 0 Å². The Morgan fingerprint density at radius 3 is 2.77 bits per heavy atom. The molecule has 1 unspecified atom stereocenters. The fraction of sp³-hybridized carbons (Fsp3) is 0.588. The summed E-state index contributed by atoms with van der Waals surface area (Å²) in [6.07, 6.45) is 2.60. The van der Waals surface area contributed by atoms with E-state index in [1.807, 2.05) is 7.05 Å². The van der Waals surface area contributed by atoms with Crippen molar-refractivity contribution in [2.45, 2.75) is 39.3 Å². The number of nitrogens with zero attached hydrogens (tertiary/aromatic N) is 2. The van der Waals surface area contributed by atoms with Gasteiger partial charge in [-0.25, -0.2) is 0 Å². The van der Waals surface area contributed by atoms with E-state index in [9.17, 15) is 0 Å². The van der Waals surface area contributed by atoms with Crippen LogP contribution in [0.25, 0.3) is 0 Å². The molecule has 1 fully saturated rings. The number of aliphatic imine (C=N–C) groups is 1. The summed E-state index contributed by atoms with van der Waals surface area (Å²) in [5, 5.41) is 6.87. The van der Waals surface area contributed by atoms with Crippen LogP contribution in [0.2, 0.25) is 0 Å². The number of hydrogen-bond donors (Lipinski definition) is 2. The minimum Gasteiger partial charge on any atom is -0.355 e. The van der Waals surface area contributed by atoms with Crippen molar-refractivity contribution in [1.82, 2.24) is 15.5 Å². The molecule has 22 heavy (non-hydrogen) atoms. The van der Waals surface area contributed by atoms with Gasteiger partial charge < -0.3 is 10.6 Å². The van der Waals surface area contributed by atoms with Crippen LogP contribution in [0.1, 0.15) is 30.9 Å². The highest BCUT2D eigenvalue weighted by atomic mass is 127. The predicted octanol–water partition coefficient (Wildman–Crippen LogP) is 2.76. The Kier molecular flexibility index (Phi) is 8.78. The van der Waals surface area contributed by atoms with E-state index in [0.29, 0.717) is 6.04 Å². The van der Waals surface area contributed by atoms with Crippen LogP contribution in [0.5, 0.6) is 0 Å². The minimum absolute atomic E-state index is 0. The highest BCUT2D eigenvalue weighted by Gasteiger charge is 2.22. The zero-order valence-corrected chi connectivity index (χ0v) is 16.3. The lowest BCUT2D eigenvalue weighted by atomic mass is 10.1. The van der Waals surface area contributed by atoms with Gasteiger partial charge in [-0.05, 0) is 44.0 Å². The lowest BCUT2D eigenvalue weighted by Gasteiger charge is -2.24. The molecule has 1 aliphatic heterocycles. The van der Waals surface area contributed by atoms with E-state index >= 15 is 0 Å². The molecule has 1 saturated heterocycles. The molecule has 0 saturated carbocycles. The number of hydrogen-bond acceptors (Lipinski definition) is 2. The number of benzene rings is 1. The molecule has 2 rings (SSSR count). The highest BCUT2D eigenvalue weighted by molar-refractivity contribution is 14.0. The number of nitrogens with one attached hydrogen (secondary N) is 2. The third kappa shape index (κ3) is 5.43. The average molecular weight is 416 g/mol. The fourth-order valence-corrected chi connectivity index (χ4v) is 2.97. The maximum atomic E-state index is 4.32. The summed E-state index contributed by atoms with van der Waals surface area (Å²) in [6, 6.07) is 9.10. The molecule has 0 bridgehead atoms. The van der Waals surface area contributed by atoms with Crippen LogP contribution in [-0.4, -0.2) is 43.6 Å². The molecule has 1 atom stereocenters. The number of likely N-dealkylation sites (N-methyl/N-ethyl adjacent to an activating group) is 1. The van der Waals surface area contributed by atoms with E-state index in [-0.39, 0.29) is 24.0 Å². The molecule has 0 radical (unpaired) electrons. The molecule has 124 valence electrons. The minimum atomic E-state index is 0. The molecule has 4 nitrogen and oxygen atoms in total. The van der Waals surface area contributed by atoms with E-state index in [2.05, 4.69) is 58.6 Å². The second-order valence-electron chi connectivity index (χ2n) is 5.66. The number of aryl methyl sites for hydroxylation is 1. The predicted molar refractivity (Wildman–Crippen MR) is 105 cm³/mol. The Hall–Kier alpha value is -0.820. The Bertz CT molecular complexity index is 475. The van der Waals surface area contributed by atoms with Crippen molar-refractivity contribution < 1.29 is 0 Å². The van der Waals surface area contributed by atoms with E-state index in [0.717, 1.165) is 25.6 Å². The van der Waals surface area contributed by atoms with Gasteiger partial charge in [0.05, 0.1) is 0 Å². The van der Waals surface area contributed by atoms with Gasteiger partial charge >= 0.3 is 0 Å². The first-order valence-corrected chi connectivity index (χ1v) is 7.97. The van der Waals surface area contributed by atoms with Crippen LogP contribution in [0, 0.1) is 6.92 Å². The molecule has 0 aliphatic carbocycles. The number of rotatable bonds is 5. The SMILES string of the molecule is CCN1CCCC1CNC(=NC)NCc1ccccc1C.I. The Labute approximate surface area is 151 Å². The zero-order chi connectivity index (χ0) is 15.1. The van der Waals surface area contributed by atoms with Crippen molar-refractivity contribution in [1.29, 1.82) is 0 Å². The summed E-state index contributed by atoms with van der Waals surface area (Å²) in [4.78, 5) is 6.86. The Morgan fingerprint density at radius 2 is 2.09 bits per heavy atom. The molecule has 5 heteroatoms. The molecule has 2 N–H and O–H groups in total. The Morgan fingerprint density at radius 1 is 1.32 bits per heavy atom. The number of halogens is 1. The molecule has 1 aliphatic rings. The normalized spacial score (nSPS) is 18.9. The lowest BCUT2D eigenvalue weighted by molar-refractivity contribution is 0.267. The number of guanidine groups is 1. The van der Waals surface area contributed by atoms with Crippen LogP contribution in [0.3, 0.4) is 0 Å². The summed E-state index contributed by atoms with van der Waals surface area (Å²) >= 11 is 0. The van der Waals surface area contributed by atoms with Gasteiger partial charge in [-0.1, -0.05) is 31.2 Å². The first kappa shape index (κ1) is 19.2. The first-order valence-electron chi connectivity index (χ1n) is 7.97. The van der Waals surface area contributed by atoms with E-state index in [1.165, 1.54) is 30.5 Å². The van der Waals surface area contributed by atoms with Gasteiger partial charge in [0.2, 0.25) is 0 Å². The number of likely N-dealkylation sites (tertiary alicyclic amines) is 1. The van der Waals surface area contributed by atoms with Crippen molar-refractivity contribution in [2.75, 3.05) is 26.7 Å². The monoisotopic (exact) mass is 416 g/mol. The van der Waals surface area contributed by atoms with Crippen molar-refractivity contribution in [2.24, 2.45) is 4.99 Å². The van der Waals surface area contributed by atoms with Crippen LogP contribution in [0.4, 0.5) is 0 Å². The van der Waals surface area contributed by atoms with Gasteiger partial charge in [-0.15, -0.1) is 24.0 Å². The quantitative estimate of drug-likeness (QED) is 0.441. The van der Waals surface area contributed by atoms with Crippen LogP contribution in [-0.2, 0) is 6.54 Å². The summed E-state index contributed by atoms with van der Waals surface area (Å²) < 4.78 is 0. The first-order chi connectivity index (χ1) is 10.2. The van der Waals surface area contributed by atoms with Crippen molar-refractivity contribution in [3.05, 3.63) is 35.4 Å². The third-order valence-corrected chi connectivity index (χ3v) is 4.34. The zero-order valence-electron chi connectivity index (χ0n) is 13.9. The average Bonchev–Trinajstić information content (AvgIpc) is 2.96. The molecule has 0 amide bonds. The molecular formula is C17H29IN4. The summed E-state index contributed by atoms with van der Waals surface area (Å²) in [5.41, 5.74) is 2.63. The fourth-order valence-electron chi connectivity index (χ4n) is 2.97. The van der Waals surface area contributed by atoms with E-state index in [4.69, 9.17) is 0 Å². The maximum absolute atomic E-state index is 4.32. The van der Waals surface area contributed by atoms with Crippen LogP contribution < -0.4 is 10.6 Å². The molecule has 1 aromatic rings. The molecule has 1 heterocycles. The van der Waals surface area contributed by atoms with Crippen LogP contribution >= 0.6 is 24.0 Å². The third-order valence-electron chi connectivity index (χ3n) is 4.34.